The summed E-state index contributed by atoms with van der Waals surface area (Å²) in [7, 11) is 0. The Kier molecular flexibility index (Phi) is 4.95. The Morgan fingerprint density at radius 1 is 1.13 bits per heavy atom. The number of hydrogen-bond donors (Lipinski definition) is 2. The van der Waals surface area contributed by atoms with Gasteiger partial charge in [-0.3, -0.25) is 4.79 Å². The SMILES string of the molecule is CSc1cccc(NC(=O)c2cccc(Nc3nccs3)c2)c1. The summed E-state index contributed by atoms with van der Waals surface area (Å²) in [6, 6.07) is 15.2. The van der Waals surface area contributed by atoms with Crippen LogP contribution >= 0.6 is 23.1 Å². The Hall–Kier alpha value is -2.31. The van der Waals surface area contributed by atoms with Crippen LogP contribution in [0.25, 0.3) is 0 Å². The van der Waals surface area contributed by atoms with Crippen molar-refractivity contribution >= 4 is 45.5 Å². The molecule has 0 atom stereocenters. The van der Waals surface area contributed by atoms with Crippen LogP contribution in [-0.2, 0) is 0 Å². The molecule has 0 fully saturated rings. The number of thioether (sulfide) groups is 1. The second-order valence-electron chi connectivity index (χ2n) is 4.73. The highest BCUT2D eigenvalue weighted by molar-refractivity contribution is 7.98. The molecule has 23 heavy (non-hydrogen) atoms. The molecule has 6 heteroatoms. The summed E-state index contributed by atoms with van der Waals surface area (Å²) >= 11 is 3.16. The molecule has 0 saturated heterocycles. The first-order valence-corrected chi connectivity index (χ1v) is 9.07. The molecule has 1 heterocycles. The summed E-state index contributed by atoms with van der Waals surface area (Å²) < 4.78 is 0. The van der Waals surface area contributed by atoms with Crippen LogP contribution in [0.5, 0.6) is 0 Å². The Morgan fingerprint density at radius 3 is 2.74 bits per heavy atom. The van der Waals surface area contributed by atoms with E-state index in [1.165, 1.54) is 11.3 Å². The molecule has 4 nitrogen and oxygen atoms in total. The molecule has 0 aliphatic heterocycles. The lowest BCUT2D eigenvalue weighted by atomic mass is 10.2. The average Bonchev–Trinajstić information content (AvgIpc) is 3.08. The topological polar surface area (TPSA) is 54.0 Å². The van der Waals surface area contributed by atoms with E-state index in [0.29, 0.717) is 5.56 Å². The Balaban J connectivity index is 1.74. The summed E-state index contributed by atoms with van der Waals surface area (Å²) in [5.41, 5.74) is 2.23. The van der Waals surface area contributed by atoms with E-state index in [1.807, 2.05) is 54.1 Å². The molecule has 0 aliphatic carbocycles. The summed E-state index contributed by atoms with van der Waals surface area (Å²) in [4.78, 5) is 17.7. The molecule has 0 saturated carbocycles. The molecule has 0 spiro atoms. The van der Waals surface area contributed by atoms with E-state index in [4.69, 9.17) is 0 Å². The van der Waals surface area contributed by atoms with Crippen LogP contribution in [0.1, 0.15) is 10.4 Å². The number of anilines is 3. The molecular weight excluding hydrogens is 326 g/mol. The number of nitrogens with one attached hydrogen (secondary N) is 2. The maximum absolute atomic E-state index is 12.4. The molecule has 1 aromatic heterocycles. The second-order valence-corrected chi connectivity index (χ2v) is 6.50. The lowest BCUT2D eigenvalue weighted by Gasteiger charge is -2.08. The van der Waals surface area contributed by atoms with Crippen molar-refractivity contribution in [2.45, 2.75) is 4.90 Å². The highest BCUT2D eigenvalue weighted by atomic mass is 32.2. The second kappa shape index (κ2) is 7.30. The summed E-state index contributed by atoms with van der Waals surface area (Å²) in [6.45, 7) is 0. The number of amides is 1. The molecule has 2 N–H and O–H groups in total. The lowest BCUT2D eigenvalue weighted by molar-refractivity contribution is 0.102. The van der Waals surface area contributed by atoms with Gasteiger partial charge in [0.05, 0.1) is 0 Å². The van der Waals surface area contributed by atoms with Crippen LogP contribution in [0.2, 0.25) is 0 Å². The van der Waals surface area contributed by atoms with Crippen molar-refractivity contribution < 1.29 is 4.79 Å². The maximum atomic E-state index is 12.4. The Morgan fingerprint density at radius 2 is 1.96 bits per heavy atom. The van der Waals surface area contributed by atoms with Crippen molar-refractivity contribution in [3.63, 3.8) is 0 Å². The average molecular weight is 341 g/mol. The van der Waals surface area contributed by atoms with Crippen LogP contribution in [0.15, 0.2) is 65.0 Å². The van der Waals surface area contributed by atoms with Gasteiger partial charge in [0.1, 0.15) is 0 Å². The van der Waals surface area contributed by atoms with Crippen molar-refractivity contribution in [2.75, 3.05) is 16.9 Å². The van der Waals surface area contributed by atoms with Crippen molar-refractivity contribution in [2.24, 2.45) is 0 Å². The van der Waals surface area contributed by atoms with Crippen molar-refractivity contribution in [1.29, 1.82) is 0 Å². The zero-order chi connectivity index (χ0) is 16.1. The molecule has 0 bridgehead atoms. The van der Waals surface area contributed by atoms with Gasteiger partial charge in [-0.05, 0) is 42.7 Å². The summed E-state index contributed by atoms with van der Waals surface area (Å²) in [6.07, 6.45) is 3.75. The van der Waals surface area contributed by atoms with Gasteiger partial charge in [0.2, 0.25) is 0 Å². The van der Waals surface area contributed by atoms with Gasteiger partial charge in [0.15, 0.2) is 5.13 Å². The fraction of sp³-hybridized carbons (Fsp3) is 0.0588. The molecule has 0 radical (unpaired) electrons. The van der Waals surface area contributed by atoms with E-state index in [1.54, 1.807) is 24.0 Å². The van der Waals surface area contributed by atoms with Gasteiger partial charge >= 0.3 is 0 Å². The van der Waals surface area contributed by atoms with Gasteiger partial charge < -0.3 is 10.6 Å². The third-order valence-electron chi connectivity index (χ3n) is 3.14. The van der Waals surface area contributed by atoms with E-state index in [9.17, 15) is 4.79 Å². The fourth-order valence-electron chi connectivity index (χ4n) is 2.05. The van der Waals surface area contributed by atoms with Crippen molar-refractivity contribution in [1.82, 2.24) is 4.98 Å². The zero-order valence-corrected chi connectivity index (χ0v) is 14.1. The predicted molar refractivity (Wildman–Crippen MR) is 98.0 cm³/mol. The van der Waals surface area contributed by atoms with Gasteiger partial charge in [-0.15, -0.1) is 23.1 Å². The number of hydrogen-bond acceptors (Lipinski definition) is 5. The number of nitrogens with zero attached hydrogens (tertiary/aromatic N) is 1. The number of rotatable bonds is 5. The third-order valence-corrected chi connectivity index (χ3v) is 4.55. The van der Waals surface area contributed by atoms with Gasteiger partial charge in [-0.25, -0.2) is 4.98 Å². The predicted octanol–water partition coefficient (Wildman–Crippen LogP) is 4.86. The van der Waals surface area contributed by atoms with Gasteiger partial charge in [-0.1, -0.05) is 12.1 Å². The zero-order valence-electron chi connectivity index (χ0n) is 12.4. The Labute approximate surface area is 143 Å². The number of aromatic nitrogens is 1. The largest absolute Gasteiger partial charge is 0.332 e. The number of thiazole rings is 1. The highest BCUT2D eigenvalue weighted by Gasteiger charge is 2.08. The molecule has 3 rings (SSSR count). The first-order chi connectivity index (χ1) is 11.2. The summed E-state index contributed by atoms with van der Waals surface area (Å²) in [5, 5.41) is 8.81. The third kappa shape index (κ3) is 4.12. The maximum Gasteiger partial charge on any atom is 0.255 e. The molecular formula is C17H15N3OS2. The van der Waals surface area contributed by atoms with E-state index in [0.717, 1.165) is 21.4 Å². The number of carbonyl (C=O) groups is 1. The molecule has 1 amide bonds. The smallest absolute Gasteiger partial charge is 0.255 e. The summed E-state index contributed by atoms with van der Waals surface area (Å²) in [5.74, 6) is -0.133. The van der Waals surface area contributed by atoms with Crippen LogP contribution in [0, 0.1) is 0 Å². The molecule has 2 aromatic carbocycles. The fourth-order valence-corrected chi connectivity index (χ4v) is 3.06. The van der Waals surface area contributed by atoms with E-state index in [2.05, 4.69) is 15.6 Å². The van der Waals surface area contributed by atoms with Crippen molar-refractivity contribution in [3.05, 3.63) is 65.7 Å². The monoisotopic (exact) mass is 341 g/mol. The van der Waals surface area contributed by atoms with Crippen molar-refractivity contribution in [3.8, 4) is 0 Å². The van der Waals surface area contributed by atoms with E-state index >= 15 is 0 Å². The highest BCUT2D eigenvalue weighted by Crippen LogP contribution is 2.22. The quantitative estimate of drug-likeness (QED) is 0.651. The lowest BCUT2D eigenvalue weighted by Crippen LogP contribution is -2.12. The molecule has 0 unspecified atom stereocenters. The van der Waals surface area contributed by atoms with Crippen LogP contribution in [-0.4, -0.2) is 17.1 Å². The minimum absolute atomic E-state index is 0.133. The minimum atomic E-state index is -0.133. The van der Waals surface area contributed by atoms with E-state index in [-0.39, 0.29) is 5.91 Å². The normalized spacial score (nSPS) is 10.3. The molecule has 116 valence electrons. The molecule has 3 aromatic rings. The van der Waals surface area contributed by atoms with Crippen LogP contribution in [0.4, 0.5) is 16.5 Å². The first-order valence-electron chi connectivity index (χ1n) is 6.96. The number of carbonyl (C=O) groups excluding carboxylic acids is 1. The van der Waals surface area contributed by atoms with Gasteiger partial charge in [-0.2, -0.15) is 0 Å². The standard InChI is InChI=1S/C17H15N3OS2/c1-22-15-7-3-6-14(11-15)19-16(21)12-4-2-5-13(10-12)20-17-18-8-9-23-17/h2-11H,1H3,(H,18,20)(H,19,21). The van der Waals surface area contributed by atoms with Gasteiger partial charge in [0.25, 0.3) is 5.91 Å². The van der Waals surface area contributed by atoms with Crippen LogP contribution in [0.3, 0.4) is 0 Å². The number of benzene rings is 2. The van der Waals surface area contributed by atoms with Gasteiger partial charge in [0, 0.05) is 33.4 Å². The van der Waals surface area contributed by atoms with Crippen LogP contribution < -0.4 is 10.6 Å². The first kappa shape index (κ1) is 15.6. The Bertz CT molecular complexity index is 803. The van der Waals surface area contributed by atoms with E-state index < -0.39 is 0 Å². The molecule has 0 aliphatic rings. The minimum Gasteiger partial charge on any atom is -0.332 e.